The fourth-order valence-electron chi connectivity index (χ4n) is 4.21. The molecule has 29 heavy (non-hydrogen) atoms. The van der Waals surface area contributed by atoms with Gasteiger partial charge in [0.25, 0.3) is 0 Å². The zero-order valence-electron chi connectivity index (χ0n) is 17.2. The number of aliphatic imine (C=N–C) groups is 1. The maximum absolute atomic E-state index is 4.81. The summed E-state index contributed by atoms with van der Waals surface area (Å²) < 4.78 is 0. The van der Waals surface area contributed by atoms with Crippen LogP contribution >= 0.6 is 35.3 Å². The zero-order chi connectivity index (χ0) is 19.2. The van der Waals surface area contributed by atoms with Crippen LogP contribution in [-0.4, -0.2) is 44.2 Å². The highest BCUT2D eigenvalue weighted by Crippen LogP contribution is 2.43. The van der Waals surface area contributed by atoms with Crippen molar-refractivity contribution < 1.29 is 0 Å². The van der Waals surface area contributed by atoms with Crippen LogP contribution < -0.4 is 15.5 Å². The Morgan fingerprint density at radius 1 is 1.14 bits per heavy atom. The first kappa shape index (κ1) is 22.3. The third kappa shape index (κ3) is 5.42. The SMILES string of the molecule is CN=C(NCCc1csc(N2CCCC2)n1)NCC1(c2ccccc2)CCC1.I. The van der Waals surface area contributed by atoms with Crippen LogP contribution in [0.1, 0.15) is 43.4 Å². The second kappa shape index (κ2) is 10.6. The Bertz CT molecular complexity index is 782. The van der Waals surface area contributed by atoms with Crippen molar-refractivity contribution in [2.75, 3.05) is 38.1 Å². The molecule has 2 fully saturated rings. The minimum Gasteiger partial charge on any atom is -0.356 e. The Morgan fingerprint density at radius 3 is 2.55 bits per heavy atom. The number of halogens is 1. The van der Waals surface area contributed by atoms with E-state index in [1.165, 1.54) is 48.5 Å². The lowest BCUT2D eigenvalue weighted by Crippen LogP contribution is -2.49. The second-order valence-corrected chi connectivity index (χ2v) is 8.75. The van der Waals surface area contributed by atoms with E-state index in [0.717, 1.165) is 38.6 Å². The van der Waals surface area contributed by atoms with E-state index in [2.05, 4.69) is 56.2 Å². The van der Waals surface area contributed by atoms with Gasteiger partial charge in [-0.3, -0.25) is 4.99 Å². The number of benzene rings is 1. The highest BCUT2D eigenvalue weighted by molar-refractivity contribution is 14.0. The summed E-state index contributed by atoms with van der Waals surface area (Å²) in [7, 11) is 1.85. The standard InChI is InChI=1S/C22H31N5S.HI/c1-23-20(25-17-22(11-7-12-22)18-8-3-2-4-9-18)24-13-10-19-16-28-21(26-19)27-14-5-6-15-27;/h2-4,8-9,16H,5-7,10-15,17H2,1H3,(H2,23,24,25);1H. The fraction of sp³-hybridized carbons (Fsp3) is 0.545. The number of hydrogen-bond donors (Lipinski definition) is 2. The van der Waals surface area contributed by atoms with Crippen LogP contribution in [0.4, 0.5) is 5.13 Å². The predicted octanol–water partition coefficient (Wildman–Crippen LogP) is 4.19. The number of guanidine groups is 1. The smallest absolute Gasteiger partial charge is 0.191 e. The maximum Gasteiger partial charge on any atom is 0.191 e. The summed E-state index contributed by atoms with van der Waals surface area (Å²) in [5, 5.41) is 10.4. The van der Waals surface area contributed by atoms with E-state index >= 15 is 0 Å². The van der Waals surface area contributed by atoms with Gasteiger partial charge in [-0.2, -0.15) is 0 Å². The molecule has 2 aliphatic rings. The number of nitrogens with zero attached hydrogens (tertiary/aromatic N) is 3. The Balaban J connectivity index is 0.00000240. The monoisotopic (exact) mass is 525 g/mol. The Morgan fingerprint density at radius 2 is 1.90 bits per heavy atom. The quantitative estimate of drug-likeness (QED) is 0.324. The van der Waals surface area contributed by atoms with E-state index in [4.69, 9.17) is 4.98 Å². The number of anilines is 1. The summed E-state index contributed by atoms with van der Waals surface area (Å²) in [6.45, 7) is 4.10. The van der Waals surface area contributed by atoms with Crippen LogP contribution in [0.2, 0.25) is 0 Å². The molecule has 0 amide bonds. The first-order chi connectivity index (χ1) is 13.8. The van der Waals surface area contributed by atoms with E-state index in [9.17, 15) is 0 Å². The summed E-state index contributed by atoms with van der Waals surface area (Å²) in [4.78, 5) is 11.6. The van der Waals surface area contributed by atoms with Crippen molar-refractivity contribution >= 4 is 46.4 Å². The largest absolute Gasteiger partial charge is 0.356 e. The van der Waals surface area contributed by atoms with Crippen molar-refractivity contribution in [3.63, 3.8) is 0 Å². The molecule has 4 rings (SSSR count). The summed E-state index contributed by atoms with van der Waals surface area (Å²) >= 11 is 1.77. The molecule has 0 bridgehead atoms. The van der Waals surface area contributed by atoms with Crippen LogP contribution in [0.15, 0.2) is 40.7 Å². The van der Waals surface area contributed by atoms with Gasteiger partial charge in [0, 0.05) is 50.4 Å². The van der Waals surface area contributed by atoms with Gasteiger partial charge in [-0.05, 0) is 31.2 Å². The summed E-state index contributed by atoms with van der Waals surface area (Å²) in [6, 6.07) is 10.9. The number of hydrogen-bond acceptors (Lipinski definition) is 4. The molecular formula is C22H32IN5S. The van der Waals surface area contributed by atoms with E-state index < -0.39 is 0 Å². The maximum atomic E-state index is 4.81. The molecule has 158 valence electrons. The highest BCUT2D eigenvalue weighted by Gasteiger charge is 2.38. The molecule has 1 aromatic heterocycles. The average molecular weight is 526 g/mol. The molecule has 5 nitrogen and oxygen atoms in total. The molecule has 0 radical (unpaired) electrons. The van der Waals surface area contributed by atoms with Gasteiger partial charge in [0.15, 0.2) is 11.1 Å². The van der Waals surface area contributed by atoms with E-state index in [-0.39, 0.29) is 29.4 Å². The normalized spacial score (nSPS) is 18.1. The fourth-order valence-corrected chi connectivity index (χ4v) is 5.12. The first-order valence-electron chi connectivity index (χ1n) is 10.5. The van der Waals surface area contributed by atoms with Crippen LogP contribution in [0.5, 0.6) is 0 Å². The third-order valence-electron chi connectivity index (χ3n) is 6.10. The molecule has 7 heteroatoms. The molecule has 2 N–H and O–H groups in total. The van der Waals surface area contributed by atoms with Gasteiger partial charge in [0.1, 0.15) is 0 Å². The molecular weight excluding hydrogens is 493 g/mol. The van der Waals surface area contributed by atoms with Gasteiger partial charge < -0.3 is 15.5 Å². The summed E-state index contributed by atoms with van der Waals surface area (Å²) in [6.07, 6.45) is 7.32. The Kier molecular flexibility index (Phi) is 8.17. The number of rotatable bonds is 7. The van der Waals surface area contributed by atoms with Crippen LogP contribution in [-0.2, 0) is 11.8 Å². The molecule has 2 heterocycles. The molecule has 1 saturated heterocycles. The van der Waals surface area contributed by atoms with Crippen molar-refractivity contribution in [2.24, 2.45) is 4.99 Å². The molecule has 1 aromatic carbocycles. The van der Waals surface area contributed by atoms with Gasteiger partial charge in [-0.15, -0.1) is 35.3 Å². The van der Waals surface area contributed by atoms with E-state index in [1.54, 1.807) is 11.3 Å². The predicted molar refractivity (Wildman–Crippen MR) is 134 cm³/mol. The second-order valence-electron chi connectivity index (χ2n) is 7.92. The third-order valence-corrected chi connectivity index (χ3v) is 7.05. The van der Waals surface area contributed by atoms with Crippen molar-refractivity contribution in [1.29, 1.82) is 0 Å². The molecule has 0 spiro atoms. The molecule has 1 aliphatic heterocycles. The van der Waals surface area contributed by atoms with Crippen molar-refractivity contribution in [2.45, 2.75) is 43.9 Å². The van der Waals surface area contributed by atoms with Gasteiger partial charge >= 0.3 is 0 Å². The molecule has 1 saturated carbocycles. The van der Waals surface area contributed by atoms with Gasteiger partial charge in [0.05, 0.1) is 5.69 Å². The van der Waals surface area contributed by atoms with Gasteiger partial charge in [0.2, 0.25) is 0 Å². The number of thiazole rings is 1. The van der Waals surface area contributed by atoms with Crippen LogP contribution in [0.25, 0.3) is 0 Å². The topological polar surface area (TPSA) is 52.6 Å². The molecule has 2 aromatic rings. The van der Waals surface area contributed by atoms with Crippen molar-refractivity contribution in [3.8, 4) is 0 Å². The average Bonchev–Trinajstić information content (AvgIpc) is 3.38. The minimum absolute atomic E-state index is 0. The number of aromatic nitrogens is 1. The lowest BCUT2D eigenvalue weighted by molar-refractivity contribution is 0.244. The Labute approximate surface area is 195 Å². The lowest BCUT2D eigenvalue weighted by Gasteiger charge is -2.43. The minimum atomic E-state index is 0. The highest BCUT2D eigenvalue weighted by atomic mass is 127. The van der Waals surface area contributed by atoms with E-state index in [0.29, 0.717) is 0 Å². The molecule has 1 aliphatic carbocycles. The number of nitrogens with one attached hydrogen (secondary N) is 2. The summed E-state index contributed by atoms with van der Waals surface area (Å²) in [5.74, 6) is 0.886. The van der Waals surface area contributed by atoms with Crippen LogP contribution in [0, 0.1) is 0 Å². The van der Waals surface area contributed by atoms with Crippen LogP contribution in [0.3, 0.4) is 0 Å². The lowest BCUT2D eigenvalue weighted by atomic mass is 9.64. The molecule has 0 unspecified atom stereocenters. The summed E-state index contributed by atoms with van der Waals surface area (Å²) in [5.41, 5.74) is 2.88. The molecule has 0 atom stereocenters. The van der Waals surface area contributed by atoms with Crippen molar-refractivity contribution in [1.82, 2.24) is 15.6 Å². The zero-order valence-corrected chi connectivity index (χ0v) is 20.3. The van der Waals surface area contributed by atoms with Crippen molar-refractivity contribution in [3.05, 3.63) is 47.0 Å². The Hall–Kier alpha value is -1.35. The first-order valence-corrected chi connectivity index (χ1v) is 11.4. The van der Waals surface area contributed by atoms with Gasteiger partial charge in [-0.1, -0.05) is 36.8 Å². The van der Waals surface area contributed by atoms with E-state index in [1.807, 2.05) is 7.05 Å². The van der Waals surface area contributed by atoms with Gasteiger partial charge in [-0.25, -0.2) is 4.98 Å².